The van der Waals surface area contributed by atoms with Crippen molar-refractivity contribution in [1.29, 1.82) is 0 Å². The van der Waals surface area contributed by atoms with Crippen LogP contribution in [0.25, 0.3) is 0 Å². The van der Waals surface area contributed by atoms with Gasteiger partial charge in [-0.3, -0.25) is 0 Å². The largest absolute Gasteiger partial charge is 0.491 e. The molecule has 100 valence electrons. The zero-order chi connectivity index (χ0) is 13.0. The molecule has 2 rings (SSSR count). The van der Waals surface area contributed by atoms with E-state index in [1.54, 1.807) is 0 Å². The second-order valence-electron chi connectivity index (χ2n) is 5.25. The topological polar surface area (TPSA) is 33.3 Å². The van der Waals surface area contributed by atoms with Crippen LogP contribution in [-0.2, 0) is 0 Å². The van der Waals surface area contributed by atoms with Crippen molar-refractivity contribution in [3.8, 4) is 5.75 Å². The first-order valence-corrected chi connectivity index (χ1v) is 6.85. The average Bonchev–Trinajstić information content (AvgIpc) is 2.85. The van der Waals surface area contributed by atoms with E-state index in [0.29, 0.717) is 12.0 Å². The van der Waals surface area contributed by atoms with Crippen LogP contribution in [0.15, 0.2) is 24.3 Å². The Bertz CT molecular complexity index is 355. The Kier molecular flexibility index (Phi) is 4.61. The predicted octanol–water partition coefficient (Wildman–Crippen LogP) is 2.34. The maximum atomic E-state index is 5.68. The van der Waals surface area contributed by atoms with Crippen molar-refractivity contribution in [2.24, 2.45) is 5.92 Å². The van der Waals surface area contributed by atoms with Crippen LogP contribution >= 0.6 is 0 Å². The second kappa shape index (κ2) is 6.21. The quantitative estimate of drug-likeness (QED) is 0.839. The van der Waals surface area contributed by atoms with Gasteiger partial charge in [-0.25, -0.2) is 0 Å². The van der Waals surface area contributed by atoms with Gasteiger partial charge in [-0.1, -0.05) is 12.1 Å². The first kappa shape index (κ1) is 13.4. The number of rotatable bonds is 5. The Morgan fingerprint density at radius 3 is 2.50 bits per heavy atom. The van der Waals surface area contributed by atoms with Gasteiger partial charge in [-0.2, -0.15) is 0 Å². The molecule has 18 heavy (non-hydrogen) atoms. The molecule has 2 atom stereocenters. The molecule has 0 aliphatic carbocycles. The fourth-order valence-electron chi connectivity index (χ4n) is 2.66. The van der Waals surface area contributed by atoms with E-state index in [1.165, 1.54) is 12.0 Å². The van der Waals surface area contributed by atoms with Crippen molar-refractivity contribution in [2.75, 3.05) is 20.1 Å². The van der Waals surface area contributed by atoms with E-state index in [9.17, 15) is 0 Å². The number of benzene rings is 1. The van der Waals surface area contributed by atoms with Crippen LogP contribution < -0.4 is 15.4 Å². The first-order valence-electron chi connectivity index (χ1n) is 6.85. The summed E-state index contributed by atoms with van der Waals surface area (Å²) >= 11 is 0. The normalized spacial score (nSPS) is 21.2. The molecular formula is C15H24N2O. The molecule has 2 N–H and O–H groups in total. The smallest absolute Gasteiger partial charge is 0.119 e. The highest BCUT2D eigenvalue weighted by atomic mass is 16.5. The van der Waals surface area contributed by atoms with Gasteiger partial charge in [0.1, 0.15) is 5.75 Å². The van der Waals surface area contributed by atoms with Crippen LogP contribution in [0.3, 0.4) is 0 Å². The molecule has 0 bridgehead atoms. The summed E-state index contributed by atoms with van der Waals surface area (Å²) in [5, 5.41) is 6.87. The minimum absolute atomic E-state index is 0.231. The highest BCUT2D eigenvalue weighted by Crippen LogP contribution is 2.27. The van der Waals surface area contributed by atoms with Crippen molar-refractivity contribution in [3.63, 3.8) is 0 Å². The molecule has 1 aliphatic heterocycles. The molecule has 1 aromatic rings. The molecule has 3 heteroatoms. The van der Waals surface area contributed by atoms with Gasteiger partial charge in [-0.15, -0.1) is 0 Å². The summed E-state index contributed by atoms with van der Waals surface area (Å²) < 4.78 is 5.68. The van der Waals surface area contributed by atoms with Gasteiger partial charge in [0, 0.05) is 6.04 Å². The van der Waals surface area contributed by atoms with Crippen molar-refractivity contribution in [3.05, 3.63) is 29.8 Å². The number of nitrogens with one attached hydrogen (secondary N) is 2. The minimum atomic E-state index is 0.231. The number of hydrogen-bond donors (Lipinski definition) is 2. The summed E-state index contributed by atoms with van der Waals surface area (Å²) in [6.45, 7) is 6.34. The lowest BCUT2D eigenvalue weighted by atomic mass is 9.92. The molecular weight excluding hydrogens is 224 g/mol. The molecule has 1 aromatic carbocycles. The van der Waals surface area contributed by atoms with Crippen molar-refractivity contribution in [1.82, 2.24) is 10.6 Å². The van der Waals surface area contributed by atoms with Crippen LogP contribution in [0.1, 0.15) is 31.9 Å². The SMILES string of the molecule is CNC(c1ccc(OC(C)C)cc1)C1CCNC1. The van der Waals surface area contributed by atoms with E-state index in [-0.39, 0.29) is 6.10 Å². The predicted molar refractivity (Wildman–Crippen MR) is 75.0 cm³/mol. The van der Waals surface area contributed by atoms with Gasteiger partial charge >= 0.3 is 0 Å². The third kappa shape index (κ3) is 3.24. The summed E-state index contributed by atoms with van der Waals surface area (Å²) in [5.74, 6) is 1.64. The lowest BCUT2D eigenvalue weighted by molar-refractivity contribution is 0.242. The Labute approximate surface area is 110 Å². The standard InChI is InChI=1S/C15H24N2O/c1-11(2)18-14-6-4-12(5-7-14)15(16-3)13-8-9-17-10-13/h4-7,11,13,15-17H,8-10H2,1-3H3. The molecule has 0 radical (unpaired) electrons. The van der Waals surface area contributed by atoms with E-state index in [2.05, 4.69) is 48.7 Å². The van der Waals surface area contributed by atoms with E-state index in [4.69, 9.17) is 4.74 Å². The van der Waals surface area contributed by atoms with Crippen LogP contribution in [-0.4, -0.2) is 26.2 Å². The van der Waals surface area contributed by atoms with Gasteiger partial charge in [0.2, 0.25) is 0 Å². The van der Waals surface area contributed by atoms with E-state index in [1.807, 2.05) is 7.05 Å². The second-order valence-corrected chi connectivity index (χ2v) is 5.25. The van der Waals surface area contributed by atoms with Gasteiger partial charge in [0.25, 0.3) is 0 Å². The highest BCUT2D eigenvalue weighted by molar-refractivity contribution is 5.30. The van der Waals surface area contributed by atoms with Gasteiger partial charge in [0.05, 0.1) is 6.10 Å². The fraction of sp³-hybridized carbons (Fsp3) is 0.600. The molecule has 1 fully saturated rings. The molecule has 0 amide bonds. The number of hydrogen-bond acceptors (Lipinski definition) is 3. The molecule has 1 saturated heterocycles. The Hall–Kier alpha value is -1.06. The van der Waals surface area contributed by atoms with Crippen molar-refractivity contribution < 1.29 is 4.74 Å². The fourth-order valence-corrected chi connectivity index (χ4v) is 2.66. The molecule has 3 nitrogen and oxygen atoms in total. The summed E-state index contributed by atoms with van der Waals surface area (Å²) in [4.78, 5) is 0. The van der Waals surface area contributed by atoms with Crippen LogP contribution in [0.2, 0.25) is 0 Å². The molecule has 0 aromatic heterocycles. The summed E-state index contributed by atoms with van der Waals surface area (Å²) in [6.07, 6.45) is 1.48. The maximum absolute atomic E-state index is 5.68. The molecule has 0 saturated carbocycles. The monoisotopic (exact) mass is 248 g/mol. The number of ether oxygens (including phenoxy) is 1. The molecule has 1 heterocycles. The maximum Gasteiger partial charge on any atom is 0.119 e. The summed E-state index contributed by atoms with van der Waals surface area (Å²) in [5.41, 5.74) is 1.35. The Balaban J connectivity index is 2.06. The van der Waals surface area contributed by atoms with Crippen LogP contribution in [0, 0.1) is 5.92 Å². The minimum Gasteiger partial charge on any atom is -0.491 e. The van der Waals surface area contributed by atoms with Crippen molar-refractivity contribution in [2.45, 2.75) is 32.4 Å². The molecule has 1 aliphatic rings. The van der Waals surface area contributed by atoms with E-state index < -0.39 is 0 Å². The van der Waals surface area contributed by atoms with Gasteiger partial charge in [0.15, 0.2) is 0 Å². The van der Waals surface area contributed by atoms with E-state index in [0.717, 1.165) is 18.8 Å². The Morgan fingerprint density at radius 2 is 2.00 bits per heavy atom. The third-order valence-corrected chi connectivity index (χ3v) is 3.49. The summed E-state index contributed by atoms with van der Waals surface area (Å²) in [7, 11) is 2.04. The van der Waals surface area contributed by atoms with E-state index >= 15 is 0 Å². The van der Waals surface area contributed by atoms with Crippen LogP contribution in [0.4, 0.5) is 0 Å². The zero-order valence-electron chi connectivity index (χ0n) is 11.6. The highest BCUT2D eigenvalue weighted by Gasteiger charge is 2.24. The van der Waals surface area contributed by atoms with Gasteiger partial charge < -0.3 is 15.4 Å². The van der Waals surface area contributed by atoms with Crippen molar-refractivity contribution >= 4 is 0 Å². The molecule has 2 unspecified atom stereocenters. The third-order valence-electron chi connectivity index (χ3n) is 3.49. The summed E-state index contributed by atoms with van der Waals surface area (Å²) in [6, 6.07) is 8.94. The van der Waals surface area contributed by atoms with Crippen LogP contribution in [0.5, 0.6) is 5.75 Å². The lowest BCUT2D eigenvalue weighted by Crippen LogP contribution is -2.26. The average molecular weight is 248 g/mol. The van der Waals surface area contributed by atoms with Gasteiger partial charge in [-0.05, 0) is 64.0 Å². The first-order chi connectivity index (χ1) is 8.70. The zero-order valence-corrected chi connectivity index (χ0v) is 11.6. The Morgan fingerprint density at radius 1 is 1.28 bits per heavy atom. The molecule has 0 spiro atoms. The lowest BCUT2D eigenvalue weighted by Gasteiger charge is -2.23.